The van der Waals surface area contributed by atoms with Crippen LogP contribution in [0.25, 0.3) is 0 Å². The second kappa shape index (κ2) is 9.43. The fraction of sp³-hybridized carbons (Fsp3) is 0.286. The van der Waals surface area contributed by atoms with Crippen LogP contribution < -0.4 is 10.6 Å². The first-order valence-corrected chi connectivity index (χ1v) is 9.24. The number of halogens is 1. The monoisotopic (exact) mass is 418 g/mol. The summed E-state index contributed by atoms with van der Waals surface area (Å²) in [5.74, 6) is -1.12. The Balaban J connectivity index is 1.85. The number of esters is 1. The van der Waals surface area contributed by atoms with Crippen LogP contribution in [0.2, 0.25) is 5.02 Å². The Labute approximate surface area is 174 Å². The van der Waals surface area contributed by atoms with Crippen LogP contribution in [0.5, 0.6) is 0 Å². The van der Waals surface area contributed by atoms with E-state index in [4.69, 9.17) is 21.1 Å². The van der Waals surface area contributed by atoms with Crippen molar-refractivity contribution < 1.29 is 23.9 Å². The van der Waals surface area contributed by atoms with Gasteiger partial charge in [0, 0.05) is 16.4 Å². The van der Waals surface area contributed by atoms with Gasteiger partial charge in [-0.3, -0.25) is 10.1 Å². The Kier molecular flexibility index (Phi) is 7.23. The normalized spacial score (nSPS) is 10.8. The molecule has 0 spiro atoms. The summed E-state index contributed by atoms with van der Waals surface area (Å²) in [6, 6.07) is 11.1. The molecular weight excluding hydrogens is 396 g/mol. The Hall–Kier alpha value is -3.06. The summed E-state index contributed by atoms with van der Waals surface area (Å²) in [6.45, 7) is 6.65. The van der Waals surface area contributed by atoms with E-state index in [2.05, 4.69) is 10.6 Å². The molecule has 0 saturated carbocycles. The lowest BCUT2D eigenvalue weighted by molar-refractivity contribution is -0.119. The van der Waals surface area contributed by atoms with Gasteiger partial charge in [-0.25, -0.2) is 9.59 Å². The van der Waals surface area contributed by atoms with Crippen molar-refractivity contribution in [2.24, 2.45) is 0 Å². The van der Waals surface area contributed by atoms with E-state index in [9.17, 15) is 14.4 Å². The number of hydrogen-bond donors (Lipinski definition) is 2. The van der Waals surface area contributed by atoms with Crippen LogP contribution >= 0.6 is 11.6 Å². The molecule has 0 aliphatic heterocycles. The van der Waals surface area contributed by atoms with E-state index >= 15 is 0 Å². The molecule has 0 unspecified atom stereocenters. The third-order valence-corrected chi connectivity index (χ3v) is 3.80. The molecule has 2 rings (SSSR count). The SMILES string of the molecule is Cc1cc(Cl)ccc1NC(=O)COC(=O)c1ccc(NC(=O)OC(C)(C)C)cc1. The molecule has 0 heterocycles. The van der Waals surface area contributed by atoms with E-state index in [0.29, 0.717) is 16.4 Å². The first-order valence-electron chi connectivity index (χ1n) is 8.87. The standard InChI is InChI=1S/C21H23ClN2O5/c1-13-11-15(22)7-10-17(13)24-18(25)12-28-19(26)14-5-8-16(9-6-14)23-20(27)29-21(2,3)4/h5-11H,12H2,1-4H3,(H,23,27)(H,24,25). The third kappa shape index (κ3) is 7.46. The fourth-order valence-corrected chi connectivity index (χ4v) is 2.51. The van der Waals surface area contributed by atoms with Crippen molar-refractivity contribution in [3.63, 3.8) is 0 Å². The average Bonchev–Trinajstić information content (AvgIpc) is 2.61. The molecule has 2 aromatic rings. The van der Waals surface area contributed by atoms with Crippen molar-refractivity contribution in [1.29, 1.82) is 0 Å². The maximum Gasteiger partial charge on any atom is 0.412 e. The molecule has 154 valence electrons. The van der Waals surface area contributed by atoms with Crippen LogP contribution in [0.4, 0.5) is 16.2 Å². The second-order valence-corrected chi connectivity index (χ2v) is 7.72. The van der Waals surface area contributed by atoms with Crippen LogP contribution in [-0.2, 0) is 14.3 Å². The van der Waals surface area contributed by atoms with E-state index in [0.717, 1.165) is 5.56 Å². The van der Waals surface area contributed by atoms with Gasteiger partial charge in [-0.05, 0) is 75.7 Å². The summed E-state index contributed by atoms with van der Waals surface area (Å²) in [7, 11) is 0. The smallest absolute Gasteiger partial charge is 0.412 e. The number of anilines is 2. The van der Waals surface area contributed by atoms with Crippen molar-refractivity contribution in [1.82, 2.24) is 0 Å². The molecule has 7 nitrogen and oxygen atoms in total. The van der Waals surface area contributed by atoms with Gasteiger partial charge in [-0.1, -0.05) is 11.6 Å². The molecule has 0 atom stereocenters. The van der Waals surface area contributed by atoms with E-state index in [1.807, 2.05) is 0 Å². The summed E-state index contributed by atoms with van der Waals surface area (Å²) in [5.41, 5.74) is 1.49. The lowest BCUT2D eigenvalue weighted by atomic mass is 10.2. The maximum atomic E-state index is 12.1. The molecule has 2 amide bonds. The Morgan fingerprint density at radius 1 is 1.00 bits per heavy atom. The van der Waals surface area contributed by atoms with Crippen LogP contribution in [0.1, 0.15) is 36.7 Å². The molecule has 0 aromatic heterocycles. The predicted molar refractivity (Wildman–Crippen MR) is 111 cm³/mol. The summed E-state index contributed by atoms with van der Waals surface area (Å²) < 4.78 is 10.2. The number of aryl methyl sites for hydroxylation is 1. The lowest BCUT2D eigenvalue weighted by Crippen LogP contribution is -2.27. The number of rotatable bonds is 5. The molecule has 0 saturated heterocycles. The molecule has 2 N–H and O–H groups in total. The number of hydrogen-bond acceptors (Lipinski definition) is 5. The van der Waals surface area contributed by atoms with Crippen molar-refractivity contribution in [3.8, 4) is 0 Å². The molecule has 0 fully saturated rings. The topological polar surface area (TPSA) is 93.7 Å². The van der Waals surface area contributed by atoms with Crippen molar-refractivity contribution >= 4 is 40.9 Å². The van der Waals surface area contributed by atoms with Gasteiger partial charge < -0.3 is 14.8 Å². The highest BCUT2D eigenvalue weighted by molar-refractivity contribution is 6.30. The molecule has 0 bridgehead atoms. The second-order valence-electron chi connectivity index (χ2n) is 7.29. The molecule has 8 heteroatoms. The van der Waals surface area contributed by atoms with E-state index < -0.39 is 30.2 Å². The molecule has 29 heavy (non-hydrogen) atoms. The van der Waals surface area contributed by atoms with Gasteiger partial charge in [-0.2, -0.15) is 0 Å². The van der Waals surface area contributed by atoms with E-state index in [1.54, 1.807) is 45.9 Å². The third-order valence-electron chi connectivity index (χ3n) is 3.56. The highest BCUT2D eigenvalue weighted by atomic mass is 35.5. The number of nitrogens with one attached hydrogen (secondary N) is 2. The number of benzene rings is 2. The highest BCUT2D eigenvalue weighted by Gasteiger charge is 2.16. The Bertz CT molecular complexity index is 904. The van der Waals surface area contributed by atoms with E-state index in [1.165, 1.54) is 24.3 Å². The molecule has 2 aromatic carbocycles. The lowest BCUT2D eigenvalue weighted by Gasteiger charge is -2.19. The van der Waals surface area contributed by atoms with Crippen LogP contribution in [0, 0.1) is 6.92 Å². The van der Waals surface area contributed by atoms with Crippen molar-refractivity contribution in [2.75, 3.05) is 17.2 Å². The summed E-state index contributed by atoms with van der Waals surface area (Å²) in [4.78, 5) is 35.8. The number of ether oxygens (including phenoxy) is 2. The first-order chi connectivity index (χ1) is 13.5. The van der Waals surface area contributed by atoms with Gasteiger partial charge >= 0.3 is 12.1 Å². The van der Waals surface area contributed by atoms with Gasteiger partial charge in [0.05, 0.1) is 5.56 Å². The minimum atomic E-state index is -0.656. The maximum absolute atomic E-state index is 12.1. The molecule has 0 radical (unpaired) electrons. The minimum Gasteiger partial charge on any atom is -0.452 e. The molecule has 0 aliphatic rings. The van der Waals surface area contributed by atoms with Crippen LogP contribution in [0.15, 0.2) is 42.5 Å². The van der Waals surface area contributed by atoms with Gasteiger partial charge in [0.25, 0.3) is 5.91 Å². The first kappa shape index (κ1) is 22.2. The van der Waals surface area contributed by atoms with Crippen molar-refractivity contribution in [3.05, 3.63) is 58.6 Å². The average molecular weight is 419 g/mol. The van der Waals surface area contributed by atoms with Gasteiger partial charge in [0.1, 0.15) is 5.60 Å². The van der Waals surface area contributed by atoms with Gasteiger partial charge in [-0.15, -0.1) is 0 Å². The van der Waals surface area contributed by atoms with E-state index in [-0.39, 0.29) is 5.56 Å². The zero-order valence-corrected chi connectivity index (χ0v) is 17.4. The minimum absolute atomic E-state index is 0.246. The largest absolute Gasteiger partial charge is 0.452 e. The van der Waals surface area contributed by atoms with Crippen LogP contribution in [0.3, 0.4) is 0 Å². The number of amides is 2. The highest BCUT2D eigenvalue weighted by Crippen LogP contribution is 2.19. The molecular formula is C21H23ClN2O5. The summed E-state index contributed by atoms with van der Waals surface area (Å²) in [5, 5.41) is 5.79. The van der Waals surface area contributed by atoms with Crippen molar-refractivity contribution in [2.45, 2.75) is 33.3 Å². The fourth-order valence-electron chi connectivity index (χ4n) is 2.28. The van der Waals surface area contributed by atoms with Gasteiger partial charge in [0.2, 0.25) is 0 Å². The predicted octanol–water partition coefficient (Wildman–Crippen LogP) is 4.79. The Morgan fingerprint density at radius 2 is 1.66 bits per heavy atom. The Morgan fingerprint density at radius 3 is 2.24 bits per heavy atom. The number of carbonyl (C=O) groups is 3. The summed E-state index contributed by atoms with van der Waals surface area (Å²) >= 11 is 5.88. The molecule has 0 aliphatic carbocycles. The number of carbonyl (C=O) groups excluding carboxylic acids is 3. The quantitative estimate of drug-likeness (QED) is 0.681. The zero-order chi connectivity index (χ0) is 21.6. The van der Waals surface area contributed by atoms with Crippen LogP contribution in [-0.4, -0.2) is 30.2 Å². The zero-order valence-electron chi connectivity index (χ0n) is 16.7. The van der Waals surface area contributed by atoms with Gasteiger partial charge in [0.15, 0.2) is 6.61 Å². The summed E-state index contributed by atoms with van der Waals surface area (Å²) in [6.07, 6.45) is -0.595.